The van der Waals surface area contributed by atoms with Crippen LogP contribution in [0.1, 0.15) is 17.2 Å². The standard InChI is InChI=1S/C15H21NO4Si/c1-21(2,3)9-8-12-4-6-13(7-5-12)14(10-17)20-11-15(18)16-19/h4-7,14,17,19H,10-11H2,1-3H3,(H,16,18)/t14-/m1/s1. The van der Waals surface area contributed by atoms with Crippen LogP contribution in [0.3, 0.4) is 0 Å². The molecular weight excluding hydrogens is 286 g/mol. The first-order valence-corrected chi connectivity index (χ1v) is 10.1. The lowest BCUT2D eigenvalue weighted by molar-refractivity contribution is -0.137. The molecule has 0 heterocycles. The fraction of sp³-hybridized carbons (Fsp3) is 0.400. The average Bonchev–Trinajstić information content (AvgIpc) is 2.45. The largest absolute Gasteiger partial charge is 0.393 e. The van der Waals surface area contributed by atoms with Gasteiger partial charge in [-0.05, 0) is 17.7 Å². The molecule has 5 nitrogen and oxygen atoms in total. The molecule has 0 aliphatic rings. The molecule has 1 atom stereocenters. The molecule has 0 saturated carbocycles. The summed E-state index contributed by atoms with van der Waals surface area (Å²) in [5.41, 5.74) is 6.41. The van der Waals surface area contributed by atoms with Crippen LogP contribution in [0.5, 0.6) is 0 Å². The first-order chi connectivity index (χ1) is 9.85. The molecule has 6 heteroatoms. The quantitative estimate of drug-likeness (QED) is 0.333. The summed E-state index contributed by atoms with van der Waals surface area (Å²) in [6.07, 6.45) is -0.610. The van der Waals surface area contributed by atoms with E-state index in [1.165, 1.54) is 5.48 Å². The zero-order valence-corrected chi connectivity index (χ0v) is 13.5. The summed E-state index contributed by atoms with van der Waals surface area (Å²) in [6.45, 7) is 5.96. The van der Waals surface area contributed by atoms with Gasteiger partial charge in [0.2, 0.25) is 0 Å². The van der Waals surface area contributed by atoms with Crippen LogP contribution in [0, 0.1) is 11.5 Å². The summed E-state index contributed by atoms with van der Waals surface area (Å²) >= 11 is 0. The lowest BCUT2D eigenvalue weighted by atomic mass is 10.1. The van der Waals surface area contributed by atoms with Crippen molar-refractivity contribution in [2.45, 2.75) is 25.7 Å². The van der Waals surface area contributed by atoms with E-state index in [4.69, 9.17) is 9.94 Å². The fourth-order valence-electron chi connectivity index (χ4n) is 1.50. The number of rotatable bonds is 5. The molecule has 0 spiro atoms. The van der Waals surface area contributed by atoms with Gasteiger partial charge in [0.25, 0.3) is 5.91 Å². The van der Waals surface area contributed by atoms with Gasteiger partial charge in [0.15, 0.2) is 0 Å². The fourth-order valence-corrected chi connectivity index (χ4v) is 2.02. The highest BCUT2D eigenvalue weighted by atomic mass is 28.3. The van der Waals surface area contributed by atoms with E-state index in [1.54, 1.807) is 0 Å². The van der Waals surface area contributed by atoms with Crippen LogP contribution in [-0.4, -0.2) is 37.5 Å². The smallest absolute Gasteiger partial charge is 0.269 e. The summed E-state index contributed by atoms with van der Waals surface area (Å²) in [5, 5.41) is 17.7. The van der Waals surface area contributed by atoms with Crippen LogP contribution in [-0.2, 0) is 9.53 Å². The van der Waals surface area contributed by atoms with E-state index in [-0.39, 0.29) is 13.2 Å². The van der Waals surface area contributed by atoms with Crippen LogP contribution in [0.25, 0.3) is 0 Å². The second kappa shape index (κ2) is 7.95. The van der Waals surface area contributed by atoms with Crippen molar-refractivity contribution in [3.05, 3.63) is 35.4 Å². The Morgan fingerprint density at radius 2 is 1.95 bits per heavy atom. The predicted molar refractivity (Wildman–Crippen MR) is 82.4 cm³/mol. The van der Waals surface area contributed by atoms with Gasteiger partial charge in [-0.25, -0.2) is 5.48 Å². The van der Waals surface area contributed by atoms with E-state index >= 15 is 0 Å². The third-order valence-electron chi connectivity index (χ3n) is 2.57. The van der Waals surface area contributed by atoms with Gasteiger partial charge in [-0.1, -0.05) is 37.7 Å². The van der Waals surface area contributed by atoms with Gasteiger partial charge in [0.1, 0.15) is 20.8 Å². The van der Waals surface area contributed by atoms with Gasteiger partial charge >= 0.3 is 0 Å². The number of hydrogen-bond donors (Lipinski definition) is 3. The van der Waals surface area contributed by atoms with Crippen molar-refractivity contribution in [2.75, 3.05) is 13.2 Å². The van der Waals surface area contributed by atoms with Gasteiger partial charge in [-0.15, -0.1) is 5.54 Å². The predicted octanol–water partition coefficient (Wildman–Crippen LogP) is 1.47. The van der Waals surface area contributed by atoms with Crippen molar-refractivity contribution in [3.63, 3.8) is 0 Å². The lowest BCUT2D eigenvalue weighted by Crippen LogP contribution is -2.25. The minimum Gasteiger partial charge on any atom is -0.393 e. The first kappa shape index (κ1) is 17.4. The van der Waals surface area contributed by atoms with E-state index in [2.05, 4.69) is 31.1 Å². The Labute approximate surface area is 125 Å². The molecule has 3 N–H and O–H groups in total. The first-order valence-electron chi connectivity index (χ1n) is 6.64. The second-order valence-electron chi connectivity index (χ2n) is 5.64. The molecule has 0 bridgehead atoms. The molecule has 1 amide bonds. The molecule has 0 aliphatic heterocycles. The van der Waals surface area contributed by atoms with E-state index in [0.29, 0.717) is 0 Å². The van der Waals surface area contributed by atoms with E-state index in [9.17, 15) is 9.90 Å². The number of hydrogen-bond acceptors (Lipinski definition) is 4. The van der Waals surface area contributed by atoms with Crippen molar-refractivity contribution in [1.29, 1.82) is 0 Å². The minimum atomic E-state index is -1.41. The monoisotopic (exact) mass is 307 g/mol. The molecule has 0 aromatic heterocycles. The second-order valence-corrected chi connectivity index (χ2v) is 10.4. The number of aliphatic hydroxyl groups is 1. The molecule has 0 saturated heterocycles. The van der Waals surface area contributed by atoms with Gasteiger partial charge in [-0.2, -0.15) is 0 Å². The molecule has 1 rings (SSSR count). The van der Waals surface area contributed by atoms with E-state index in [0.717, 1.165) is 11.1 Å². The Hall–Kier alpha value is -1.65. The number of nitrogens with one attached hydrogen (secondary N) is 1. The maximum absolute atomic E-state index is 10.9. The van der Waals surface area contributed by atoms with Crippen molar-refractivity contribution in [2.24, 2.45) is 0 Å². The highest BCUT2D eigenvalue weighted by Crippen LogP contribution is 2.17. The Morgan fingerprint density at radius 3 is 2.43 bits per heavy atom. The molecule has 0 aliphatic carbocycles. The summed E-state index contributed by atoms with van der Waals surface area (Å²) in [5.74, 6) is 2.48. The maximum atomic E-state index is 10.9. The third kappa shape index (κ3) is 6.56. The molecule has 0 unspecified atom stereocenters. The van der Waals surface area contributed by atoms with Crippen molar-refractivity contribution < 1.29 is 19.8 Å². The van der Waals surface area contributed by atoms with Gasteiger partial charge < -0.3 is 9.84 Å². The molecule has 114 valence electrons. The highest BCUT2D eigenvalue weighted by molar-refractivity contribution is 6.83. The van der Waals surface area contributed by atoms with E-state index in [1.807, 2.05) is 24.3 Å². The Bertz CT molecular complexity index is 525. The normalized spacial score (nSPS) is 12.2. The minimum absolute atomic E-state index is 0.251. The van der Waals surface area contributed by atoms with Gasteiger partial charge in [-0.3, -0.25) is 10.0 Å². The summed E-state index contributed by atoms with van der Waals surface area (Å²) in [7, 11) is -1.41. The lowest BCUT2D eigenvalue weighted by Gasteiger charge is -2.15. The van der Waals surface area contributed by atoms with Crippen LogP contribution in [0.2, 0.25) is 19.6 Å². The number of aliphatic hydroxyl groups excluding tert-OH is 1. The Balaban J connectivity index is 2.74. The van der Waals surface area contributed by atoms with Gasteiger partial charge in [0.05, 0.1) is 6.61 Å². The van der Waals surface area contributed by atoms with Crippen LogP contribution in [0.15, 0.2) is 24.3 Å². The summed E-state index contributed by atoms with van der Waals surface area (Å²) in [6, 6.07) is 7.35. The van der Waals surface area contributed by atoms with Gasteiger partial charge in [0, 0.05) is 5.56 Å². The average molecular weight is 307 g/mol. The molecule has 21 heavy (non-hydrogen) atoms. The number of carbonyl (C=O) groups excluding carboxylic acids is 1. The maximum Gasteiger partial charge on any atom is 0.269 e. The third-order valence-corrected chi connectivity index (χ3v) is 3.45. The number of amides is 1. The number of carbonyl (C=O) groups is 1. The Morgan fingerprint density at radius 1 is 1.33 bits per heavy atom. The van der Waals surface area contributed by atoms with Crippen LogP contribution < -0.4 is 5.48 Å². The topological polar surface area (TPSA) is 78.8 Å². The number of ether oxygens (including phenoxy) is 1. The number of benzene rings is 1. The number of hydroxylamine groups is 1. The summed E-state index contributed by atoms with van der Waals surface area (Å²) in [4.78, 5) is 10.9. The van der Waals surface area contributed by atoms with Crippen molar-refractivity contribution >= 4 is 14.0 Å². The zero-order chi connectivity index (χ0) is 15.9. The molecule has 0 fully saturated rings. The van der Waals surface area contributed by atoms with Crippen LogP contribution >= 0.6 is 0 Å². The van der Waals surface area contributed by atoms with Crippen LogP contribution in [0.4, 0.5) is 0 Å². The molecule has 1 aromatic rings. The molecule has 1 aromatic carbocycles. The van der Waals surface area contributed by atoms with E-state index < -0.39 is 20.1 Å². The molecule has 0 radical (unpaired) electrons. The SMILES string of the molecule is C[Si](C)(C)C#Cc1ccc([C@@H](CO)OCC(=O)NO)cc1. The summed E-state index contributed by atoms with van der Waals surface area (Å²) < 4.78 is 5.23. The van der Waals surface area contributed by atoms with Crippen molar-refractivity contribution in [1.82, 2.24) is 5.48 Å². The highest BCUT2D eigenvalue weighted by Gasteiger charge is 2.13. The Kier molecular flexibility index (Phi) is 6.59. The van der Waals surface area contributed by atoms with Crippen molar-refractivity contribution in [3.8, 4) is 11.5 Å². The zero-order valence-electron chi connectivity index (χ0n) is 12.5. The molecular formula is C15H21NO4Si.